The summed E-state index contributed by atoms with van der Waals surface area (Å²) in [6, 6.07) is 49.4. The SMILES string of the molecule is C1#Cc2cccc(c2)-c2cccc(c2)C#Cc2ccc(cc2)C#Cc2cccc(c2)-c2cccc(c2)C#Cc2ccc1cc2. The van der Waals surface area contributed by atoms with E-state index in [0.29, 0.717) is 0 Å². The topological polar surface area (TPSA) is 0 Å². The largest absolute Gasteiger partial charge is 0.0617 e. The van der Waals surface area contributed by atoms with Gasteiger partial charge in [0.1, 0.15) is 0 Å². The highest BCUT2D eigenvalue weighted by Crippen LogP contribution is 2.23. The van der Waals surface area contributed by atoms with Crippen molar-refractivity contribution in [3.05, 3.63) is 190 Å². The third kappa shape index (κ3) is 6.38. The zero-order valence-electron chi connectivity index (χ0n) is 23.9. The van der Waals surface area contributed by atoms with Gasteiger partial charge in [0, 0.05) is 44.5 Å². The lowest BCUT2D eigenvalue weighted by atomic mass is 10.0. The first-order valence-electron chi connectivity index (χ1n) is 14.4. The molecule has 0 amide bonds. The number of hydrogen-bond acceptors (Lipinski definition) is 0. The van der Waals surface area contributed by atoms with E-state index in [1.165, 1.54) is 0 Å². The van der Waals surface area contributed by atoms with Crippen LogP contribution in [-0.4, -0.2) is 0 Å². The second-order valence-electron chi connectivity index (χ2n) is 10.5. The Morgan fingerprint density at radius 2 is 0.409 bits per heavy atom. The van der Waals surface area contributed by atoms with E-state index in [9.17, 15) is 0 Å². The van der Waals surface area contributed by atoms with Gasteiger partial charge in [0.15, 0.2) is 0 Å². The molecule has 0 fully saturated rings. The maximum atomic E-state index is 3.32. The molecule has 0 aliphatic heterocycles. The maximum absolute atomic E-state index is 3.32. The van der Waals surface area contributed by atoms with Crippen LogP contribution in [0.4, 0.5) is 0 Å². The third-order valence-electron chi connectivity index (χ3n) is 7.29. The zero-order chi connectivity index (χ0) is 29.6. The van der Waals surface area contributed by atoms with Crippen LogP contribution in [0.15, 0.2) is 146 Å². The monoisotopic (exact) mass is 552 g/mol. The van der Waals surface area contributed by atoms with E-state index in [4.69, 9.17) is 0 Å². The second kappa shape index (κ2) is 12.2. The molecule has 0 aromatic heterocycles. The molecule has 0 saturated carbocycles. The summed E-state index contributed by atoms with van der Waals surface area (Å²) in [5.41, 5.74) is 12.1. The molecule has 0 radical (unpaired) electrons. The lowest BCUT2D eigenvalue weighted by molar-refractivity contribution is 1.56. The van der Waals surface area contributed by atoms with Crippen molar-refractivity contribution in [1.82, 2.24) is 0 Å². The molecule has 0 unspecified atom stereocenters. The molecule has 12 bridgehead atoms. The van der Waals surface area contributed by atoms with Crippen LogP contribution >= 0.6 is 0 Å². The van der Waals surface area contributed by atoms with E-state index in [2.05, 4.69) is 95.9 Å². The summed E-state index contributed by atoms with van der Waals surface area (Å²) >= 11 is 0. The summed E-state index contributed by atoms with van der Waals surface area (Å²) in [7, 11) is 0. The normalized spacial score (nSPS) is 10.7. The summed E-state index contributed by atoms with van der Waals surface area (Å²) in [6.07, 6.45) is 0. The standard InChI is InChI=1S/C44H24/c1-5-37-25-21-33-13-15-34(16-14-33)23-27-39-7-3-11-43(31-39)44-12-4-8-40(32-44)28-24-36-19-17-35(18-20-36)22-26-38-6-2-10-42(30-38)41(9-1)29-37/h1-20,29-32H. The highest BCUT2D eigenvalue weighted by Gasteiger charge is 2.02. The fourth-order valence-electron chi connectivity index (χ4n) is 4.96. The summed E-state index contributed by atoms with van der Waals surface area (Å²) in [6.45, 7) is 0. The van der Waals surface area contributed by atoms with Crippen molar-refractivity contribution in [3.8, 4) is 69.6 Å². The van der Waals surface area contributed by atoms with Gasteiger partial charge in [0.25, 0.3) is 0 Å². The molecule has 10 rings (SSSR count). The van der Waals surface area contributed by atoms with Crippen molar-refractivity contribution in [2.45, 2.75) is 0 Å². The summed E-state index contributed by atoms with van der Waals surface area (Å²) in [4.78, 5) is 0. The Balaban J connectivity index is 1.29. The van der Waals surface area contributed by atoms with E-state index >= 15 is 0 Å². The number of hydrogen-bond donors (Lipinski definition) is 0. The number of benzene rings is 6. The van der Waals surface area contributed by atoms with Gasteiger partial charge in [-0.25, -0.2) is 0 Å². The zero-order valence-corrected chi connectivity index (χ0v) is 23.9. The number of rotatable bonds is 0. The molecular formula is C44H24. The molecule has 44 heavy (non-hydrogen) atoms. The van der Waals surface area contributed by atoms with Crippen LogP contribution in [-0.2, 0) is 0 Å². The molecule has 0 nitrogen and oxygen atoms in total. The van der Waals surface area contributed by atoms with Gasteiger partial charge in [-0.05, 0) is 119 Å². The van der Waals surface area contributed by atoms with Crippen LogP contribution in [0.3, 0.4) is 0 Å². The molecule has 0 atom stereocenters. The van der Waals surface area contributed by atoms with Crippen LogP contribution in [0, 0.1) is 47.4 Å². The first-order valence-corrected chi connectivity index (χ1v) is 14.4. The average molecular weight is 553 g/mol. The molecule has 0 N–H and O–H groups in total. The second-order valence-corrected chi connectivity index (χ2v) is 10.5. The van der Waals surface area contributed by atoms with Crippen LogP contribution in [0.5, 0.6) is 0 Å². The van der Waals surface area contributed by atoms with Gasteiger partial charge in [0.05, 0.1) is 0 Å². The van der Waals surface area contributed by atoms with Crippen molar-refractivity contribution in [1.29, 1.82) is 0 Å². The average Bonchev–Trinajstić information content (AvgIpc) is 3.09. The van der Waals surface area contributed by atoms with Crippen LogP contribution in [0.1, 0.15) is 44.5 Å². The molecule has 0 heterocycles. The summed E-state index contributed by atoms with van der Waals surface area (Å²) < 4.78 is 0. The predicted molar refractivity (Wildman–Crippen MR) is 181 cm³/mol. The van der Waals surface area contributed by atoms with Crippen molar-refractivity contribution >= 4 is 0 Å². The van der Waals surface area contributed by atoms with E-state index in [-0.39, 0.29) is 0 Å². The van der Waals surface area contributed by atoms with Crippen LogP contribution in [0.2, 0.25) is 0 Å². The Hall–Kier alpha value is -6.44. The van der Waals surface area contributed by atoms with Gasteiger partial charge in [-0.3, -0.25) is 0 Å². The predicted octanol–water partition coefficient (Wildman–Crippen LogP) is 8.93. The van der Waals surface area contributed by atoms with Crippen LogP contribution in [0.25, 0.3) is 22.3 Å². The molecule has 4 aliphatic carbocycles. The quantitative estimate of drug-likeness (QED) is 0.165. The van der Waals surface area contributed by atoms with E-state index in [0.717, 1.165) is 66.8 Å². The highest BCUT2D eigenvalue weighted by molar-refractivity contribution is 5.69. The Kier molecular flexibility index (Phi) is 7.34. The lowest BCUT2D eigenvalue weighted by Gasteiger charge is -2.03. The van der Waals surface area contributed by atoms with Gasteiger partial charge in [-0.1, -0.05) is 95.9 Å². The Labute approximate surface area is 259 Å². The Bertz CT molecular complexity index is 1940. The fraction of sp³-hybridized carbons (Fsp3) is 0. The molecule has 6 aromatic rings. The highest BCUT2D eigenvalue weighted by atomic mass is 14.1. The molecule has 200 valence electrons. The van der Waals surface area contributed by atoms with Crippen molar-refractivity contribution in [3.63, 3.8) is 0 Å². The third-order valence-corrected chi connectivity index (χ3v) is 7.29. The fourth-order valence-corrected chi connectivity index (χ4v) is 4.96. The first kappa shape index (κ1) is 26.5. The minimum absolute atomic E-state index is 0.949. The molecule has 0 heteroatoms. The van der Waals surface area contributed by atoms with Gasteiger partial charge in [-0.15, -0.1) is 0 Å². The van der Waals surface area contributed by atoms with Gasteiger partial charge in [-0.2, -0.15) is 0 Å². The lowest BCUT2D eigenvalue weighted by Crippen LogP contribution is -1.84. The van der Waals surface area contributed by atoms with Crippen molar-refractivity contribution in [2.24, 2.45) is 0 Å². The summed E-state index contributed by atoms with van der Waals surface area (Å²) in [5, 5.41) is 0. The maximum Gasteiger partial charge on any atom is 0.0255 e. The molecular weight excluding hydrogens is 528 g/mol. The van der Waals surface area contributed by atoms with E-state index in [1.807, 2.05) is 97.1 Å². The Morgan fingerprint density at radius 1 is 0.205 bits per heavy atom. The minimum Gasteiger partial charge on any atom is -0.0617 e. The van der Waals surface area contributed by atoms with Gasteiger partial charge >= 0.3 is 0 Å². The van der Waals surface area contributed by atoms with E-state index < -0.39 is 0 Å². The minimum atomic E-state index is 0.949. The van der Waals surface area contributed by atoms with E-state index in [1.54, 1.807) is 0 Å². The Morgan fingerprint density at radius 3 is 0.636 bits per heavy atom. The first-order chi connectivity index (χ1) is 21.7. The molecule has 6 aromatic carbocycles. The van der Waals surface area contributed by atoms with Crippen molar-refractivity contribution in [2.75, 3.05) is 0 Å². The van der Waals surface area contributed by atoms with Gasteiger partial charge < -0.3 is 0 Å². The van der Waals surface area contributed by atoms with Gasteiger partial charge in [0.2, 0.25) is 0 Å². The summed E-state index contributed by atoms with van der Waals surface area (Å²) in [5.74, 6) is 26.5. The molecule has 0 spiro atoms. The van der Waals surface area contributed by atoms with Crippen molar-refractivity contribution < 1.29 is 0 Å². The molecule has 4 aliphatic rings. The van der Waals surface area contributed by atoms with Crippen LogP contribution < -0.4 is 0 Å². The molecule has 0 saturated heterocycles. The smallest absolute Gasteiger partial charge is 0.0255 e.